The Bertz CT molecular complexity index is 2280. The van der Waals surface area contributed by atoms with Gasteiger partial charge in [-0.15, -0.1) is 5.10 Å². The molecule has 0 aliphatic heterocycles. The van der Waals surface area contributed by atoms with Gasteiger partial charge in [-0.3, -0.25) is 4.79 Å². The van der Waals surface area contributed by atoms with Crippen LogP contribution < -0.4 is 0 Å². The van der Waals surface area contributed by atoms with E-state index in [9.17, 15) is 9.90 Å². The highest BCUT2D eigenvalue weighted by Gasteiger charge is 2.42. The maximum Gasteiger partial charge on any atom is 0.311 e. The molecule has 0 spiro atoms. The van der Waals surface area contributed by atoms with Crippen LogP contribution in [0.25, 0.3) is 22.5 Å². The summed E-state index contributed by atoms with van der Waals surface area (Å²) in [5.41, 5.74) is 6.77. The number of nitrogens with zero attached hydrogens (tertiary/aromatic N) is 6. The molecule has 2 heterocycles. The average molecular weight is 773 g/mol. The Labute approximate surface area is 341 Å². The first-order valence-electron chi connectivity index (χ1n) is 20.4. The molecule has 2 atom stereocenters. The van der Waals surface area contributed by atoms with Gasteiger partial charge >= 0.3 is 5.97 Å². The third kappa shape index (κ3) is 8.13. The van der Waals surface area contributed by atoms with Crippen molar-refractivity contribution in [1.29, 1.82) is 0 Å². The SMILES string of the molecule is CCCCc1ncc(C(O)C(CC(C)C)C(=O)OCC)n1Cc1ccc(-c2ccccc2-c2nnnn2C(c2ccccc2)(c2ccccc2)c2ccccc2)cc1. The zero-order valence-corrected chi connectivity index (χ0v) is 33.8. The number of hydrogen-bond donors (Lipinski definition) is 1. The summed E-state index contributed by atoms with van der Waals surface area (Å²) < 4.78 is 9.47. The zero-order valence-electron chi connectivity index (χ0n) is 33.8. The molecule has 7 aromatic rings. The molecule has 5 aromatic carbocycles. The van der Waals surface area contributed by atoms with Crippen molar-refractivity contribution in [3.8, 4) is 22.5 Å². The highest BCUT2D eigenvalue weighted by molar-refractivity contribution is 5.81. The van der Waals surface area contributed by atoms with Crippen LogP contribution in [0, 0.1) is 11.8 Å². The topological polar surface area (TPSA) is 108 Å². The van der Waals surface area contributed by atoms with E-state index in [0.29, 0.717) is 24.5 Å². The smallest absolute Gasteiger partial charge is 0.311 e. The number of carbonyl (C=O) groups excluding carboxylic acids is 1. The number of imidazole rings is 1. The Morgan fingerprint density at radius 2 is 1.33 bits per heavy atom. The number of aliphatic hydroxyl groups excluding tert-OH is 1. The van der Waals surface area contributed by atoms with Crippen molar-refractivity contribution in [3.05, 3.63) is 179 Å². The predicted octanol–water partition coefficient (Wildman–Crippen LogP) is 9.69. The fourth-order valence-corrected chi connectivity index (χ4v) is 8.09. The number of aromatic nitrogens is 6. The van der Waals surface area contributed by atoms with Crippen LogP contribution >= 0.6 is 0 Å². The molecule has 9 heteroatoms. The van der Waals surface area contributed by atoms with E-state index in [1.165, 1.54) is 0 Å². The first kappa shape index (κ1) is 40.0. The largest absolute Gasteiger partial charge is 0.466 e. The molecule has 1 N–H and O–H groups in total. The molecule has 58 heavy (non-hydrogen) atoms. The second-order valence-corrected chi connectivity index (χ2v) is 15.2. The van der Waals surface area contributed by atoms with E-state index in [2.05, 4.69) is 140 Å². The Hall–Kier alpha value is -6.19. The van der Waals surface area contributed by atoms with Gasteiger partial charge in [0.25, 0.3) is 0 Å². The molecular formula is C49H52N6O3. The number of tetrazole rings is 1. The van der Waals surface area contributed by atoms with E-state index in [0.717, 1.165) is 64.0 Å². The fourth-order valence-electron chi connectivity index (χ4n) is 8.09. The Balaban J connectivity index is 1.28. The summed E-state index contributed by atoms with van der Waals surface area (Å²) in [5.74, 6) is 0.657. The highest BCUT2D eigenvalue weighted by atomic mass is 16.5. The standard InChI is InChI=1S/C49H52N6O3/c1-5-7-27-45-50-33-44(46(56)43(32-35(3)4)48(57)58-6-2)54(45)34-36-28-30-37(31-29-36)41-25-17-18-26-42(41)47-51-52-53-55(47)49(38-19-11-8-12-20-38,39-21-13-9-14-22-39)40-23-15-10-16-24-40/h8-26,28-31,33,35,43,46,56H,5-7,27,32,34H2,1-4H3. The van der Waals surface area contributed by atoms with Gasteiger partial charge in [-0.25, -0.2) is 9.67 Å². The van der Waals surface area contributed by atoms with Crippen LogP contribution in [0.4, 0.5) is 0 Å². The van der Waals surface area contributed by atoms with Gasteiger partial charge in [0.2, 0.25) is 0 Å². The molecule has 2 aromatic heterocycles. The molecule has 296 valence electrons. The quantitative estimate of drug-likeness (QED) is 0.0726. The van der Waals surface area contributed by atoms with Crippen molar-refractivity contribution in [2.45, 2.75) is 71.6 Å². The number of carbonyl (C=O) groups is 1. The third-order valence-corrected chi connectivity index (χ3v) is 10.9. The van der Waals surface area contributed by atoms with Crippen LogP contribution in [0.1, 0.15) is 86.8 Å². The molecule has 0 fully saturated rings. The van der Waals surface area contributed by atoms with Gasteiger partial charge < -0.3 is 14.4 Å². The number of hydrogen-bond acceptors (Lipinski definition) is 7. The minimum absolute atomic E-state index is 0.200. The van der Waals surface area contributed by atoms with Crippen molar-refractivity contribution in [2.75, 3.05) is 6.61 Å². The molecule has 0 aliphatic rings. The summed E-state index contributed by atoms with van der Waals surface area (Å²) >= 11 is 0. The minimum atomic E-state index is -1.05. The highest BCUT2D eigenvalue weighted by Crippen LogP contribution is 2.43. The third-order valence-electron chi connectivity index (χ3n) is 10.9. The minimum Gasteiger partial charge on any atom is -0.466 e. The van der Waals surface area contributed by atoms with Crippen LogP contribution in [-0.2, 0) is 28.0 Å². The van der Waals surface area contributed by atoms with Gasteiger partial charge in [-0.2, -0.15) is 0 Å². The summed E-state index contributed by atoms with van der Waals surface area (Å²) in [4.78, 5) is 17.9. The number of ether oxygens (including phenoxy) is 1. The summed E-state index contributed by atoms with van der Waals surface area (Å²) in [6.45, 7) is 8.81. The summed E-state index contributed by atoms with van der Waals surface area (Å²) in [5, 5.41) is 25.6. The first-order chi connectivity index (χ1) is 28.4. The fraction of sp³-hybridized carbons (Fsp3) is 0.286. The van der Waals surface area contributed by atoms with Crippen molar-refractivity contribution in [2.24, 2.45) is 11.8 Å². The maximum atomic E-state index is 13.1. The van der Waals surface area contributed by atoms with Gasteiger partial charge in [-0.1, -0.05) is 167 Å². The summed E-state index contributed by atoms with van der Waals surface area (Å²) in [7, 11) is 0. The number of aryl methyl sites for hydroxylation is 1. The lowest BCUT2D eigenvalue weighted by atomic mass is 9.77. The lowest BCUT2D eigenvalue weighted by Gasteiger charge is -2.36. The van der Waals surface area contributed by atoms with Crippen molar-refractivity contribution in [1.82, 2.24) is 29.8 Å². The summed E-state index contributed by atoms with van der Waals surface area (Å²) in [6, 6.07) is 48.0. The van der Waals surface area contributed by atoms with Crippen LogP contribution in [-0.4, -0.2) is 47.4 Å². The van der Waals surface area contributed by atoms with Crippen molar-refractivity contribution in [3.63, 3.8) is 0 Å². The van der Waals surface area contributed by atoms with E-state index in [-0.39, 0.29) is 18.5 Å². The lowest BCUT2D eigenvalue weighted by Crippen LogP contribution is -2.39. The lowest BCUT2D eigenvalue weighted by molar-refractivity contribution is -0.153. The van der Waals surface area contributed by atoms with E-state index in [1.54, 1.807) is 13.1 Å². The number of unbranched alkanes of at least 4 members (excludes halogenated alkanes) is 1. The molecule has 7 rings (SSSR count). The average Bonchev–Trinajstić information content (AvgIpc) is 3.91. The molecule has 0 saturated heterocycles. The van der Waals surface area contributed by atoms with E-state index in [1.807, 2.05) is 35.0 Å². The number of benzene rings is 5. The Morgan fingerprint density at radius 3 is 1.88 bits per heavy atom. The normalized spacial score (nSPS) is 12.7. The first-order valence-corrected chi connectivity index (χ1v) is 20.4. The number of aliphatic hydroxyl groups is 1. The molecule has 0 bridgehead atoms. The molecule has 9 nitrogen and oxygen atoms in total. The molecule has 0 amide bonds. The second-order valence-electron chi connectivity index (χ2n) is 15.2. The van der Waals surface area contributed by atoms with Crippen molar-refractivity contribution < 1.29 is 14.6 Å². The van der Waals surface area contributed by atoms with Gasteiger partial charge in [0, 0.05) is 18.5 Å². The van der Waals surface area contributed by atoms with Gasteiger partial charge in [0.15, 0.2) is 5.82 Å². The van der Waals surface area contributed by atoms with Crippen LogP contribution in [0.15, 0.2) is 146 Å². The molecular weight excluding hydrogens is 721 g/mol. The molecule has 0 radical (unpaired) electrons. The monoisotopic (exact) mass is 772 g/mol. The van der Waals surface area contributed by atoms with Crippen LogP contribution in [0.2, 0.25) is 0 Å². The Kier molecular flexibility index (Phi) is 12.7. The zero-order chi connectivity index (χ0) is 40.5. The maximum absolute atomic E-state index is 13.1. The molecule has 0 saturated carbocycles. The predicted molar refractivity (Wildman–Crippen MR) is 228 cm³/mol. The van der Waals surface area contributed by atoms with E-state index in [4.69, 9.17) is 20.0 Å². The van der Waals surface area contributed by atoms with Gasteiger partial charge in [-0.05, 0) is 69.5 Å². The van der Waals surface area contributed by atoms with Crippen LogP contribution in [0.3, 0.4) is 0 Å². The second kappa shape index (κ2) is 18.4. The van der Waals surface area contributed by atoms with E-state index < -0.39 is 17.6 Å². The van der Waals surface area contributed by atoms with Crippen LogP contribution in [0.5, 0.6) is 0 Å². The van der Waals surface area contributed by atoms with Gasteiger partial charge in [0.05, 0.1) is 24.4 Å². The van der Waals surface area contributed by atoms with Gasteiger partial charge in [0.1, 0.15) is 17.5 Å². The summed E-state index contributed by atoms with van der Waals surface area (Å²) in [6.07, 6.45) is 3.96. The number of esters is 1. The van der Waals surface area contributed by atoms with Crippen molar-refractivity contribution >= 4 is 5.97 Å². The molecule has 0 aliphatic carbocycles. The molecule has 2 unspecified atom stereocenters. The number of rotatable bonds is 17. The Morgan fingerprint density at radius 1 is 0.759 bits per heavy atom. The van der Waals surface area contributed by atoms with E-state index >= 15 is 0 Å².